The zero-order valence-electron chi connectivity index (χ0n) is 14.1. The summed E-state index contributed by atoms with van der Waals surface area (Å²) >= 11 is 0. The quantitative estimate of drug-likeness (QED) is 0.496. The highest BCUT2D eigenvalue weighted by atomic mass is 16.5. The molecule has 0 fully saturated rings. The number of hydrogen-bond acceptors (Lipinski definition) is 5. The monoisotopic (exact) mass is 349 g/mol. The first-order valence-electron chi connectivity index (χ1n) is 7.88. The maximum absolute atomic E-state index is 9.10. The molecular formula is C18H23NO6. The summed E-state index contributed by atoms with van der Waals surface area (Å²) in [6.07, 6.45) is 3.86. The number of carboxylic acids is 2. The molecule has 25 heavy (non-hydrogen) atoms. The van der Waals surface area contributed by atoms with E-state index in [0.29, 0.717) is 0 Å². The summed E-state index contributed by atoms with van der Waals surface area (Å²) in [6.45, 7) is 4.62. The lowest BCUT2D eigenvalue weighted by molar-refractivity contribution is -0.159. The minimum atomic E-state index is -1.82. The number of nitrogens with one attached hydrogen (secondary N) is 1. The molecule has 1 aromatic heterocycles. The van der Waals surface area contributed by atoms with E-state index in [2.05, 4.69) is 18.3 Å². The van der Waals surface area contributed by atoms with E-state index in [9.17, 15) is 0 Å². The molecule has 0 aliphatic heterocycles. The zero-order valence-corrected chi connectivity index (χ0v) is 14.1. The van der Waals surface area contributed by atoms with Gasteiger partial charge < -0.3 is 24.7 Å². The Kier molecular flexibility index (Phi) is 9.47. The molecule has 3 N–H and O–H groups in total. The first kappa shape index (κ1) is 20.2. The van der Waals surface area contributed by atoms with Crippen LogP contribution in [0.5, 0.6) is 5.75 Å². The van der Waals surface area contributed by atoms with Crippen LogP contribution in [0, 0.1) is 6.92 Å². The number of benzene rings is 1. The molecule has 1 aromatic carbocycles. The van der Waals surface area contributed by atoms with Gasteiger partial charge in [-0.15, -0.1) is 0 Å². The van der Waals surface area contributed by atoms with Crippen molar-refractivity contribution in [1.82, 2.24) is 5.32 Å². The second kappa shape index (κ2) is 11.7. The van der Waals surface area contributed by atoms with Crippen molar-refractivity contribution in [3.05, 3.63) is 54.0 Å². The van der Waals surface area contributed by atoms with Crippen LogP contribution < -0.4 is 10.1 Å². The van der Waals surface area contributed by atoms with Crippen molar-refractivity contribution in [3.8, 4) is 5.75 Å². The standard InChI is InChI=1S/C16H21NO2.C2H2O4/c1-14-7-2-3-9-16(14)19-11-5-4-10-17-13-15-8-6-12-18-15;3-1(4)2(5)6/h2-3,6-9,12,17H,4-5,10-11,13H2,1H3;(H,3,4)(H,5,6). The van der Waals surface area contributed by atoms with Gasteiger partial charge in [-0.3, -0.25) is 0 Å². The van der Waals surface area contributed by atoms with Crippen molar-refractivity contribution in [2.75, 3.05) is 13.2 Å². The molecule has 0 unspecified atom stereocenters. The van der Waals surface area contributed by atoms with E-state index in [-0.39, 0.29) is 0 Å². The summed E-state index contributed by atoms with van der Waals surface area (Å²) < 4.78 is 11.0. The van der Waals surface area contributed by atoms with Crippen LogP contribution in [-0.4, -0.2) is 35.3 Å². The molecule has 2 aromatic rings. The van der Waals surface area contributed by atoms with E-state index in [4.69, 9.17) is 29.0 Å². The van der Waals surface area contributed by atoms with Crippen molar-refractivity contribution in [2.45, 2.75) is 26.3 Å². The largest absolute Gasteiger partial charge is 0.493 e. The van der Waals surface area contributed by atoms with E-state index >= 15 is 0 Å². The Morgan fingerprint density at radius 1 is 1.08 bits per heavy atom. The van der Waals surface area contributed by atoms with E-state index < -0.39 is 11.9 Å². The maximum atomic E-state index is 9.10. The Bertz CT molecular complexity index is 627. The third kappa shape index (κ3) is 9.17. The van der Waals surface area contributed by atoms with Gasteiger partial charge in [0, 0.05) is 0 Å². The van der Waals surface area contributed by atoms with Crippen LogP contribution in [0.3, 0.4) is 0 Å². The Morgan fingerprint density at radius 3 is 2.40 bits per heavy atom. The van der Waals surface area contributed by atoms with Crippen molar-refractivity contribution in [3.63, 3.8) is 0 Å². The molecule has 7 nitrogen and oxygen atoms in total. The van der Waals surface area contributed by atoms with Gasteiger partial charge in [-0.1, -0.05) is 18.2 Å². The zero-order chi connectivity index (χ0) is 18.5. The second-order valence-electron chi connectivity index (χ2n) is 5.19. The fraction of sp³-hybridized carbons (Fsp3) is 0.333. The molecule has 0 atom stereocenters. The number of unbranched alkanes of at least 4 members (excludes halogenated alkanes) is 1. The summed E-state index contributed by atoms with van der Waals surface area (Å²) in [4.78, 5) is 18.2. The highest BCUT2D eigenvalue weighted by Gasteiger charge is 2.04. The average Bonchev–Trinajstić information content (AvgIpc) is 3.09. The molecule has 0 spiro atoms. The summed E-state index contributed by atoms with van der Waals surface area (Å²) in [6, 6.07) is 12.0. The van der Waals surface area contributed by atoms with Gasteiger partial charge in [-0.2, -0.15) is 0 Å². The fourth-order valence-corrected chi connectivity index (χ4v) is 1.88. The summed E-state index contributed by atoms with van der Waals surface area (Å²) in [5.74, 6) is -1.67. The Morgan fingerprint density at radius 2 is 1.80 bits per heavy atom. The number of aliphatic carboxylic acids is 2. The van der Waals surface area contributed by atoms with Crippen LogP contribution >= 0.6 is 0 Å². The molecule has 0 aliphatic carbocycles. The Hall–Kier alpha value is -2.80. The smallest absolute Gasteiger partial charge is 0.414 e. The number of carboxylic acid groups (broad SMARTS) is 2. The number of aryl methyl sites for hydroxylation is 1. The van der Waals surface area contributed by atoms with Crippen molar-refractivity contribution in [2.24, 2.45) is 0 Å². The summed E-state index contributed by atoms with van der Waals surface area (Å²) in [5.41, 5.74) is 1.19. The van der Waals surface area contributed by atoms with E-state index in [0.717, 1.165) is 44.0 Å². The SMILES string of the molecule is Cc1ccccc1OCCCCNCc1ccco1.O=C(O)C(=O)O. The minimum absolute atomic E-state index is 0.771. The summed E-state index contributed by atoms with van der Waals surface area (Å²) in [7, 11) is 0. The van der Waals surface area contributed by atoms with Gasteiger partial charge in [0.2, 0.25) is 0 Å². The molecule has 0 saturated carbocycles. The van der Waals surface area contributed by atoms with Crippen LogP contribution in [0.15, 0.2) is 47.1 Å². The van der Waals surface area contributed by atoms with Gasteiger partial charge in [0.25, 0.3) is 0 Å². The fourth-order valence-electron chi connectivity index (χ4n) is 1.88. The topological polar surface area (TPSA) is 109 Å². The lowest BCUT2D eigenvalue weighted by Gasteiger charge is -2.08. The highest BCUT2D eigenvalue weighted by molar-refractivity contribution is 6.27. The van der Waals surface area contributed by atoms with Crippen molar-refractivity contribution >= 4 is 11.9 Å². The van der Waals surface area contributed by atoms with Crippen molar-refractivity contribution < 1.29 is 29.0 Å². The van der Waals surface area contributed by atoms with Crippen LogP contribution in [0.4, 0.5) is 0 Å². The average molecular weight is 349 g/mol. The van der Waals surface area contributed by atoms with Gasteiger partial charge in [0.05, 0.1) is 19.4 Å². The Balaban J connectivity index is 0.000000450. The Labute approximate surface area is 146 Å². The van der Waals surface area contributed by atoms with Crippen LogP contribution in [-0.2, 0) is 16.1 Å². The first-order chi connectivity index (χ1) is 12.0. The molecule has 0 aliphatic rings. The first-order valence-corrected chi connectivity index (χ1v) is 7.88. The predicted molar refractivity (Wildman–Crippen MR) is 91.6 cm³/mol. The molecule has 1 heterocycles. The normalized spacial score (nSPS) is 9.80. The highest BCUT2D eigenvalue weighted by Crippen LogP contribution is 2.16. The lowest BCUT2D eigenvalue weighted by Crippen LogP contribution is -2.15. The van der Waals surface area contributed by atoms with Gasteiger partial charge in [0.15, 0.2) is 0 Å². The number of carbonyl (C=O) groups is 2. The molecule has 0 saturated heterocycles. The molecule has 0 amide bonds. The van der Waals surface area contributed by atoms with Gasteiger partial charge in [-0.05, 0) is 50.1 Å². The molecule has 0 bridgehead atoms. The lowest BCUT2D eigenvalue weighted by atomic mass is 10.2. The van der Waals surface area contributed by atoms with Gasteiger partial charge >= 0.3 is 11.9 Å². The number of hydrogen-bond donors (Lipinski definition) is 3. The molecule has 136 valence electrons. The predicted octanol–water partition coefficient (Wildman–Crippen LogP) is 2.69. The molecule has 7 heteroatoms. The molecule has 2 rings (SSSR count). The molecule has 0 radical (unpaired) electrons. The number of furan rings is 1. The summed E-state index contributed by atoms with van der Waals surface area (Å²) in [5, 5.41) is 18.1. The number of para-hydroxylation sites is 1. The number of ether oxygens (including phenoxy) is 1. The van der Waals surface area contributed by atoms with Crippen LogP contribution in [0.2, 0.25) is 0 Å². The van der Waals surface area contributed by atoms with E-state index in [1.165, 1.54) is 5.56 Å². The third-order valence-electron chi connectivity index (χ3n) is 3.16. The third-order valence-corrected chi connectivity index (χ3v) is 3.16. The van der Waals surface area contributed by atoms with Crippen molar-refractivity contribution in [1.29, 1.82) is 0 Å². The van der Waals surface area contributed by atoms with Gasteiger partial charge in [0.1, 0.15) is 11.5 Å². The van der Waals surface area contributed by atoms with E-state index in [1.807, 2.05) is 30.3 Å². The molecular weight excluding hydrogens is 326 g/mol. The van der Waals surface area contributed by atoms with Gasteiger partial charge in [-0.25, -0.2) is 9.59 Å². The maximum Gasteiger partial charge on any atom is 0.414 e. The van der Waals surface area contributed by atoms with Crippen LogP contribution in [0.25, 0.3) is 0 Å². The van der Waals surface area contributed by atoms with E-state index in [1.54, 1.807) is 6.26 Å². The minimum Gasteiger partial charge on any atom is -0.493 e. The van der Waals surface area contributed by atoms with Crippen LogP contribution in [0.1, 0.15) is 24.2 Å². The number of rotatable bonds is 8. The second-order valence-corrected chi connectivity index (χ2v) is 5.19.